The highest BCUT2D eigenvalue weighted by Crippen LogP contribution is 2.26. The van der Waals surface area contributed by atoms with E-state index < -0.39 is 0 Å². The molecule has 1 aromatic heterocycles. The van der Waals surface area contributed by atoms with E-state index in [1.807, 2.05) is 13.8 Å². The Hall–Kier alpha value is -1.39. The Morgan fingerprint density at radius 2 is 1.89 bits per heavy atom. The first kappa shape index (κ1) is 14.0. The molecule has 2 aromatic rings. The molecule has 0 aliphatic carbocycles. The third kappa shape index (κ3) is 2.26. The number of nitrogen functional groups attached to an aromatic ring is 1. The summed E-state index contributed by atoms with van der Waals surface area (Å²) in [5.41, 5.74) is 7.24. The zero-order valence-electron chi connectivity index (χ0n) is 10.9. The average Bonchev–Trinajstić information content (AvgIpc) is 2.52. The quantitative estimate of drug-likeness (QED) is 0.926. The molecule has 0 aliphatic rings. The Balaban J connectivity index is 2.77. The average molecular weight is 300 g/mol. The van der Waals surface area contributed by atoms with Crippen LogP contribution in [0.1, 0.15) is 25.5 Å². The van der Waals surface area contributed by atoms with Crippen molar-refractivity contribution in [3.63, 3.8) is 0 Å². The van der Waals surface area contributed by atoms with Gasteiger partial charge in [0, 0.05) is 12.1 Å². The molecule has 6 heteroatoms. The molecule has 0 unspecified atom stereocenters. The van der Waals surface area contributed by atoms with E-state index in [0.29, 0.717) is 15.7 Å². The van der Waals surface area contributed by atoms with Crippen LogP contribution in [-0.4, -0.2) is 9.36 Å². The molecule has 0 spiro atoms. The molecule has 2 rings (SSSR count). The van der Waals surface area contributed by atoms with Crippen LogP contribution in [0.4, 0.5) is 5.69 Å². The molecule has 1 heterocycles. The van der Waals surface area contributed by atoms with Crippen LogP contribution in [0.5, 0.6) is 0 Å². The Morgan fingerprint density at radius 3 is 2.37 bits per heavy atom. The molecule has 19 heavy (non-hydrogen) atoms. The van der Waals surface area contributed by atoms with Gasteiger partial charge >= 0.3 is 0 Å². The van der Waals surface area contributed by atoms with Gasteiger partial charge in [0.25, 0.3) is 5.56 Å². The monoisotopic (exact) mass is 299 g/mol. The van der Waals surface area contributed by atoms with Crippen molar-refractivity contribution < 1.29 is 0 Å². The lowest BCUT2D eigenvalue weighted by Gasteiger charge is -2.13. The third-order valence-corrected chi connectivity index (χ3v) is 3.57. The summed E-state index contributed by atoms with van der Waals surface area (Å²) in [4.78, 5) is 12.3. The van der Waals surface area contributed by atoms with Crippen molar-refractivity contribution >= 4 is 28.9 Å². The first-order chi connectivity index (χ1) is 8.84. The summed E-state index contributed by atoms with van der Waals surface area (Å²) in [6.07, 6.45) is 0. The predicted octanol–water partition coefficient (Wildman–Crippen LogP) is 3.19. The van der Waals surface area contributed by atoms with Crippen LogP contribution in [-0.2, 0) is 7.05 Å². The summed E-state index contributed by atoms with van der Waals surface area (Å²) >= 11 is 12.0. The molecule has 2 N–H and O–H groups in total. The maximum Gasteiger partial charge on any atom is 0.294 e. The maximum atomic E-state index is 12.3. The van der Waals surface area contributed by atoms with E-state index in [2.05, 4.69) is 0 Å². The van der Waals surface area contributed by atoms with Crippen LogP contribution in [0.3, 0.4) is 0 Å². The molecule has 0 fully saturated rings. The topological polar surface area (TPSA) is 53.0 Å². The van der Waals surface area contributed by atoms with E-state index in [0.717, 1.165) is 5.69 Å². The minimum absolute atomic E-state index is 0.144. The van der Waals surface area contributed by atoms with E-state index >= 15 is 0 Å². The van der Waals surface area contributed by atoms with E-state index in [1.165, 1.54) is 4.68 Å². The molecule has 0 bridgehead atoms. The van der Waals surface area contributed by atoms with Crippen LogP contribution in [0.25, 0.3) is 5.69 Å². The number of nitrogens with zero attached hydrogens (tertiary/aromatic N) is 2. The molecule has 0 saturated carbocycles. The number of hydrogen-bond donors (Lipinski definition) is 1. The zero-order chi connectivity index (χ0) is 14.3. The zero-order valence-corrected chi connectivity index (χ0v) is 12.5. The summed E-state index contributed by atoms with van der Waals surface area (Å²) < 4.78 is 3.20. The third-order valence-electron chi connectivity index (χ3n) is 3.03. The second kappa shape index (κ2) is 4.94. The smallest absolute Gasteiger partial charge is 0.294 e. The minimum Gasteiger partial charge on any atom is -0.393 e. The number of hydrogen-bond acceptors (Lipinski definition) is 2. The molecule has 4 nitrogen and oxygen atoms in total. The highest BCUT2D eigenvalue weighted by Gasteiger charge is 2.20. The summed E-state index contributed by atoms with van der Waals surface area (Å²) in [5.74, 6) is 0.144. The van der Waals surface area contributed by atoms with Gasteiger partial charge in [-0.3, -0.25) is 9.48 Å². The fourth-order valence-electron chi connectivity index (χ4n) is 2.25. The van der Waals surface area contributed by atoms with Gasteiger partial charge in [-0.2, -0.15) is 0 Å². The van der Waals surface area contributed by atoms with Gasteiger partial charge < -0.3 is 5.73 Å². The van der Waals surface area contributed by atoms with Crippen molar-refractivity contribution in [2.75, 3.05) is 5.73 Å². The normalized spacial score (nSPS) is 11.3. The Bertz CT molecular complexity index is 686. The lowest BCUT2D eigenvalue weighted by atomic mass is 10.1. The van der Waals surface area contributed by atoms with Gasteiger partial charge in [0.1, 0.15) is 5.69 Å². The second-order valence-corrected chi connectivity index (χ2v) is 5.53. The van der Waals surface area contributed by atoms with Crippen LogP contribution in [0.2, 0.25) is 10.0 Å². The fraction of sp³-hybridized carbons (Fsp3) is 0.308. The Morgan fingerprint density at radius 1 is 1.26 bits per heavy atom. The van der Waals surface area contributed by atoms with Crippen molar-refractivity contribution in [1.29, 1.82) is 0 Å². The number of anilines is 1. The van der Waals surface area contributed by atoms with Crippen LogP contribution in [0, 0.1) is 0 Å². The Kier molecular flexibility index (Phi) is 3.65. The van der Waals surface area contributed by atoms with Gasteiger partial charge in [0.2, 0.25) is 0 Å². The van der Waals surface area contributed by atoms with Gasteiger partial charge in [0.05, 0.1) is 16.4 Å². The summed E-state index contributed by atoms with van der Waals surface area (Å²) in [5, 5.41) is 0.929. The van der Waals surface area contributed by atoms with E-state index in [9.17, 15) is 4.79 Å². The number of rotatable bonds is 2. The first-order valence-electron chi connectivity index (χ1n) is 5.87. The van der Waals surface area contributed by atoms with Crippen molar-refractivity contribution in [3.05, 3.63) is 44.3 Å². The number of aromatic nitrogens is 2. The summed E-state index contributed by atoms with van der Waals surface area (Å²) in [6.45, 7) is 3.97. The van der Waals surface area contributed by atoms with Crippen molar-refractivity contribution in [1.82, 2.24) is 9.36 Å². The van der Waals surface area contributed by atoms with Gasteiger partial charge in [-0.25, -0.2) is 4.68 Å². The second-order valence-electron chi connectivity index (χ2n) is 4.69. The molecule has 0 atom stereocenters. The number of nitrogens with two attached hydrogens (primary N) is 1. The van der Waals surface area contributed by atoms with E-state index in [4.69, 9.17) is 28.9 Å². The molecule has 0 amide bonds. The molecule has 1 aromatic carbocycles. The van der Waals surface area contributed by atoms with Crippen molar-refractivity contribution in [2.45, 2.75) is 19.8 Å². The predicted molar refractivity (Wildman–Crippen MR) is 79.5 cm³/mol. The fourth-order valence-corrected chi connectivity index (χ4v) is 2.74. The number of benzene rings is 1. The van der Waals surface area contributed by atoms with Gasteiger partial charge in [-0.05, 0) is 24.1 Å². The first-order valence-corrected chi connectivity index (χ1v) is 6.63. The van der Waals surface area contributed by atoms with Gasteiger partial charge in [0.15, 0.2) is 0 Å². The Labute approximate surface area is 121 Å². The maximum absolute atomic E-state index is 12.3. The molecular formula is C13H15Cl2N3O. The van der Waals surface area contributed by atoms with Crippen LogP contribution in [0.15, 0.2) is 23.0 Å². The van der Waals surface area contributed by atoms with Crippen LogP contribution >= 0.6 is 23.2 Å². The summed E-state index contributed by atoms with van der Waals surface area (Å²) in [7, 11) is 1.79. The minimum atomic E-state index is -0.268. The van der Waals surface area contributed by atoms with E-state index in [1.54, 1.807) is 29.9 Å². The van der Waals surface area contributed by atoms with Gasteiger partial charge in [-0.1, -0.05) is 37.0 Å². The standard InChI is InChI=1S/C13H15Cl2N3O/c1-7(2)12-11(16)13(19)18(17(12)3)10-5-4-8(14)6-9(10)15/h4-7H,16H2,1-3H3. The van der Waals surface area contributed by atoms with Crippen molar-refractivity contribution in [3.8, 4) is 5.69 Å². The van der Waals surface area contributed by atoms with E-state index in [-0.39, 0.29) is 17.2 Å². The van der Waals surface area contributed by atoms with Crippen molar-refractivity contribution in [2.24, 2.45) is 7.05 Å². The molecule has 0 saturated heterocycles. The summed E-state index contributed by atoms with van der Waals surface area (Å²) in [6, 6.07) is 4.99. The molecule has 102 valence electrons. The lowest BCUT2D eigenvalue weighted by Crippen LogP contribution is -2.21. The largest absolute Gasteiger partial charge is 0.393 e. The molecule has 0 aliphatic heterocycles. The number of halogens is 2. The van der Waals surface area contributed by atoms with Crippen LogP contribution < -0.4 is 11.3 Å². The highest BCUT2D eigenvalue weighted by atomic mass is 35.5. The molecular weight excluding hydrogens is 285 g/mol. The molecule has 0 radical (unpaired) electrons. The van der Waals surface area contributed by atoms with Gasteiger partial charge in [-0.15, -0.1) is 0 Å². The lowest BCUT2D eigenvalue weighted by molar-refractivity contribution is 0.595. The SMILES string of the molecule is CC(C)c1c(N)c(=O)n(-c2ccc(Cl)cc2Cl)n1C. The highest BCUT2D eigenvalue weighted by molar-refractivity contribution is 6.35.